The van der Waals surface area contributed by atoms with Crippen molar-refractivity contribution in [2.24, 2.45) is 11.1 Å². The molecule has 17 heteroatoms. The third-order valence-electron chi connectivity index (χ3n) is 9.32. The van der Waals surface area contributed by atoms with Crippen LogP contribution in [0.25, 0.3) is 0 Å². The highest BCUT2D eigenvalue weighted by atomic mass is 32.2. The van der Waals surface area contributed by atoms with Crippen molar-refractivity contribution in [1.29, 1.82) is 0 Å². The lowest BCUT2D eigenvalue weighted by Gasteiger charge is -2.49. The lowest BCUT2D eigenvalue weighted by Crippen LogP contribution is -2.71. The van der Waals surface area contributed by atoms with E-state index < -0.39 is 41.2 Å². The van der Waals surface area contributed by atoms with Crippen LogP contribution < -0.4 is 16.4 Å². The van der Waals surface area contributed by atoms with Crippen LogP contribution in [-0.2, 0) is 33.5 Å². The molecule has 6 rings (SSSR count). The van der Waals surface area contributed by atoms with E-state index in [0.717, 1.165) is 55.0 Å². The number of nitrogens with one attached hydrogen (secondary N) is 2. The first-order chi connectivity index (χ1) is 23.7. The molecule has 3 atom stereocenters. The largest absolute Gasteiger partial charge is 0.477 e. The number of aromatic nitrogens is 1. The van der Waals surface area contributed by atoms with Gasteiger partial charge in [-0.2, -0.15) is 0 Å². The number of aliphatic carboxylic acids is 1. The summed E-state index contributed by atoms with van der Waals surface area (Å²) in [5.74, 6) is -3.39. The first-order valence-corrected chi connectivity index (χ1v) is 18.3. The summed E-state index contributed by atoms with van der Waals surface area (Å²) >= 11 is 2.41. The third-order valence-corrected chi connectivity index (χ3v) is 11.3. The van der Waals surface area contributed by atoms with Gasteiger partial charge in [-0.05, 0) is 75.6 Å². The molecular weight excluding hydrogens is 675 g/mol. The number of likely N-dealkylation sites (tertiary alicyclic amines) is 1. The van der Waals surface area contributed by atoms with E-state index in [0.29, 0.717) is 30.4 Å². The first-order valence-electron chi connectivity index (χ1n) is 16.3. The lowest BCUT2D eigenvalue weighted by atomic mass is 9.89. The SMILES string of the molecule is C=CCOC(=O)C(C1CCNCC1)N1CCC(=CC2=C(C(=O)O)N3C(=O)[C@@H](NC(=O)C(=NOC4CCCC4)c4csc(N)n4)[C@H]3SC2)C1=O. The Morgan fingerprint density at radius 2 is 1.98 bits per heavy atom. The van der Waals surface area contributed by atoms with E-state index in [1.165, 1.54) is 28.8 Å². The van der Waals surface area contributed by atoms with Crippen molar-refractivity contribution in [1.82, 2.24) is 25.4 Å². The fourth-order valence-electron chi connectivity index (χ4n) is 6.89. The molecule has 1 saturated carbocycles. The van der Waals surface area contributed by atoms with E-state index in [2.05, 4.69) is 27.4 Å². The number of nitrogens with two attached hydrogens (primary N) is 1. The molecule has 5 aliphatic rings. The number of nitrogen functional groups attached to an aromatic ring is 1. The first kappa shape index (κ1) is 34.6. The molecule has 0 bridgehead atoms. The molecule has 3 saturated heterocycles. The van der Waals surface area contributed by atoms with Crippen molar-refractivity contribution in [3.8, 4) is 0 Å². The van der Waals surface area contributed by atoms with E-state index >= 15 is 0 Å². The van der Waals surface area contributed by atoms with Gasteiger partial charge < -0.3 is 35.9 Å². The number of nitrogens with zero attached hydrogens (tertiary/aromatic N) is 4. The van der Waals surface area contributed by atoms with Crippen LogP contribution in [0.4, 0.5) is 5.13 Å². The van der Waals surface area contributed by atoms with Crippen LogP contribution in [0.1, 0.15) is 50.6 Å². The molecule has 1 unspecified atom stereocenters. The summed E-state index contributed by atoms with van der Waals surface area (Å²) in [5, 5.41) is 21.4. The highest BCUT2D eigenvalue weighted by Gasteiger charge is 2.54. The average molecular weight is 714 g/mol. The van der Waals surface area contributed by atoms with Crippen molar-refractivity contribution < 1.29 is 38.7 Å². The van der Waals surface area contributed by atoms with Crippen molar-refractivity contribution in [3.63, 3.8) is 0 Å². The van der Waals surface area contributed by atoms with Crippen LogP contribution >= 0.6 is 23.1 Å². The Morgan fingerprint density at radius 3 is 2.65 bits per heavy atom. The van der Waals surface area contributed by atoms with Gasteiger partial charge in [-0.3, -0.25) is 19.3 Å². The van der Waals surface area contributed by atoms with Crippen LogP contribution in [0.15, 0.2) is 46.1 Å². The number of esters is 1. The number of anilines is 1. The maximum absolute atomic E-state index is 13.7. The smallest absolute Gasteiger partial charge is 0.352 e. The maximum atomic E-state index is 13.7. The summed E-state index contributed by atoms with van der Waals surface area (Å²) in [6.07, 6.45) is 8.25. The zero-order valence-corrected chi connectivity index (χ0v) is 28.4. The van der Waals surface area contributed by atoms with Gasteiger partial charge in [0.25, 0.3) is 17.7 Å². The molecule has 5 heterocycles. The van der Waals surface area contributed by atoms with Gasteiger partial charge in [0.1, 0.15) is 41.6 Å². The van der Waals surface area contributed by atoms with Crippen LogP contribution in [0, 0.1) is 5.92 Å². The van der Waals surface area contributed by atoms with E-state index in [9.17, 15) is 29.1 Å². The Balaban J connectivity index is 1.18. The number of oxime groups is 1. The summed E-state index contributed by atoms with van der Waals surface area (Å²) in [4.78, 5) is 78.7. The Hall–Kier alpha value is -4.22. The van der Waals surface area contributed by atoms with E-state index in [1.54, 1.807) is 5.38 Å². The quantitative estimate of drug-likeness (QED) is 0.0606. The van der Waals surface area contributed by atoms with Gasteiger partial charge in [0.05, 0.1) is 0 Å². The Morgan fingerprint density at radius 1 is 1.22 bits per heavy atom. The molecule has 49 heavy (non-hydrogen) atoms. The molecule has 1 aliphatic carbocycles. The number of β-lactam (4-membered cyclic amide) rings is 1. The van der Waals surface area contributed by atoms with E-state index in [-0.39, 0.29) is 59.1 Å². The molecule has 1 aromatic rings. The fraction of sp³-hybridized carbons (Fsp3) is 0.531. The zero-order valence-electron chi connectivity index (χ0n) is 26.8. The number of carbonyl (C=O) groups excluding carboxylic acids is 4. The molecule has 0 spiro atoms. The van der Waals surface area contributed by atoms with Crippen LogP contribution in [-0.4, -0.2) is 111 Å². The van der Waals surface area contributed by atoms with Crippen molar-refractivity contribution >= 4 is 63.6 Å². The molecule has 4 aliphatic heterocycles. The minimum atomic E-state index is -1.33. The lowest BCUT2D eigenvalue weighted by molar-refractivity contribution is -0.155. The molecule has 0 radical (unpaired) electrons. The normalized spacial score (nSPS) is 24.9. The number of ether oxygens (including phenoxy) is 1. The molecule has 5 N–H and O–H groups in total. The summed E-state index contributed by atoms with van der Waals surface area (Å²) in [5.41, 5.74) is 6.30. The highest BCUT2D eigenvalue weighted by Crippen LogP contribution is 2.41. The number of hydrogen-bond acceptors (Lipinski definition) is 13. The van der Waals surface area contributed by atoms with Crippen molar-refractivity contribution in [2.75, 3.05) is 37.7 Å². The molecule has 4 fully saturated rings. The number of piperidine rings is 1. The van der Waals surface area contributed by atoms with Gasteiger partial charge in [-0.15, -0.1) is 23.1 Å². The van der Waals surface area contributed by atoms with Crippen LogP contribution in [0.2, 0.25) is 0 Å². The van der Waals surface area contributed by atoms with Gasteiger partial charge in [-0.1, -0.05) is 17.8 Å². The summed E-state index contributed by atoms with van der Waals surface area (Å²) in [6.45, 7) is 5.36. The highest BCUT2D eigenvalue weighted by molar-refractivity contribution is 8.00. The predicted octanol–water partition coefficient (Wildman–Crippen LogP) is 1.38. The van der Waals surface area contributed by atoms with Gasteiger partial charge in [0.15, 0.2) is 10.8 Å². The van der Waals surface area contributed by atoms with Crippen molar-refractivity contribution in [2.45, 2.75) is 68.5 Å². The number of thioether (sulfide) groups is 1. The summed E-state index contributed by atoms with van der Waals surface area (Å²) in [7, 11) is 0. The molecule has 0 aromatic carbocycles. The third kappa shape index (κ3) is 7.23. The second-order valence-electron chi connectivity index (χ2n) is 12.4. The molecule has 1 aromatic heterocycles. The number of thiazole rings is 1. The second-order valence-corrected chi connectivity index (χ2v) is 14.4. The van der Waals surface area contributed by atoms with Gasteiger partial charge in [0.2, 0.25) is 0 Å². The Bertz CT molecular complexity index is 1610. The average Bonchev–Trinajstić information content (AvgIpc) is 3.86. The molecule has 262 valence electrons. The van der Waals surface area contributed by atoms with Gasteiger partial charge >= 0.3 is 11.9 Å². The van der Waals surface area contributed by atoms with E-state index in [4.69, 9.17) is 15.3 Å². The number of rotatable bonds is 12. The second kappa shape index (κ2) is 15.1. The standard InChI is InChI=1S/C32H39N7O8S2/c1-2-13-46-31(45)25(17-7-10-34-11-8-17)38-12-9-18(27(38)41)14-19-15-48-29-23(28(42)39(29)24(19)30(43)44)36-26(40)22(21-16-49-32(33)35-21)37-47-20-5-3-4-6-20/h2,14,16-17,20,23,25,29,34H,1,3-13,15H2,(H2,33,35)(H,36,40)(H,43,44)/t23-,25?,29-/m1/s1. The van der Waals surface area contributed by atoms with Gasteiger partial charge in [0, 0.05) is 23.3 Å². The number of carbonyl (C=O) groups is 5. The zero-order chi connectivity index (χ0) is 34.7. The Kier molecular flexibility index (Phi) is 10.7. The topological polar surface area (TPSA) is 206 Å². The van der Waals surface area contributed by atoms with Crippen LogP contribution in [0.5, 0.6) is 0 Å². The minimum absolute atomic E-state index is 0.0332. The molecule has 3 amide bonds. The molecular formula is C32H39N7O8S2. The molecule has 15 nitrogen and oxygen atoms in total. The summed E-state index contributed by atoms with van der Waals surface area (Å²) < 4.78 is 5.38. The minimum Gasteiger partial charge on any atom is -0.477 e. The fourth-order valence-corrected chi connectivity index (χ4v) is 8.74. The number of carboxylic acids is 1. The number of carboxylic acid groups (broad SMARTS) is 1. The summed E-state index contributed by atoms with van der Waals surface area (Å²) in [6, 6.07) is -1.79. The predicted molar refractivity (Wildman–Crippen MR) is 181 cm³/mol. The van der Waals surface area contributed by atoms with Gasteiger partial charge in [-0.25, -0.2) is 14.6 Å². The maximum Gasteiger partial charge on any atom is 0.352 e. The number of hydrogen-bond donors (Lipinski definition) is 4. The van der Waals surface area contributed by atoms with E-state index in [1.807, 2.05) is 0 Å². The monoisotopic (exact) mass is 713 g/mol. The number of allylic oxidation sites excluding steroid dienone is 1. The number of fused-ring (bicyclic) bond motifs is 1. The van der Waals surface area contributed by atoms with Crippen LogP contribution in [0.3, 0.4) is 0 Å². The van der Waals surface area contributed by atoms with Crippen molar-refractivity contribution in [3.05, 3.63) is 46.6 Å². The number of amides is 3. The Labute approximate surface area is 291 Å².